The van der Waals surface area contributed by atoms with Gasteiger partial charge in [-0.1, -0.05) is 231 Å². The van der Waals surface area contributed by atoms with Gasteiger partial charge in [0.15, 0.2) is 0 Å². The minimum absolute atomic E-state index is 0.276. The SMILES string of the molecule is C1=C(c2cccc(-c3cccc4c3sc3ccccc34)c2)NC(c2ccccc2)N=C1c1ccc(-c2c(-c3ccccc3)c(-c3ccccc3)nc(-c3ccccc3)c2-c2ccccc2)cc1. The van der Waals surface area contributed by atoms with Gasteiger partial charge in [0, 0.05) is 53.7 Å². The molecule has 4 heteroatoms. The Morgan fingerprint density at radius 2 is 0.851 bits per heavy atom. The van der Waals surface area contributed by atoms with Crippen molar-refractivity contribution in [2.24, 2.45) is 4.99 Å². The van der Waals surface area contributed by atoms with Crippen LogP contribution in [-0.2, 0) is 0 Å². The maximum absolute atomic E-state index is 5.63. The van der Waals surface area contributed by atoms with Crippen LogP contribution in [0.25, 0.3) is 92.9 Å². The molecule has 1 N–H and O–H groups in total. The van der Waals surface area contributed by atoms with Crippen LogP contribution in [-0.4, -0.2) is 10.7 Å². The van der Waals surface area contributed by atoms with Gasteiger partial charge in [-0.25, -0.2) is 4.98 Å². The van der Waals surface area contributed by atoms with Crippen molar-refractivity contribution in [3.8, 4) is 67.0 Å². The average molecular weight is 874 g/mol. The van der Waals surface area contributed by atoms with Crippen molar-refractivity contribution >= 4 is 42.9 Å². The van der Waals surface area contributed by atoms with E-state index >= 15 is 0 Å². The number of aromatic nitrogens is 1. The average Bonchev–Trinajstić information content (AvgIpc) is 3.81. The first kappa shape index (κ1) is 40.1. The standard InChI is InChI=1S/C63H43N3S/c1-6-20-43(21-7-1)58-57(59(44-22-8-2-9-23-44)61(47-26-12-4-13-27-47)66-60(58)46-24-10-3-11-25-46)45-38-36-42(37-39-45)54-41-55(65-63(64-54)48-28-14-5-15-29-48)50-31-18-30-49(40-50)51-33-19-34-53-52-32-16-17-35-56(52)67-62(51)53/h1-41,63,65H. The van der Waals surface area contributed by atoms with Crippen LogP contribution in [0.5, 0.6) is 0 Å². The fraction of sp³-hybridized carbons (Fsp3) is 0.0159. The summed E-state index contributed by atoms with van der Waals surface area (Å²) in [6.45, 7) is 0. The number of hydrogen-bond donors (Lipinski definition) is 1. The first-order valence-corrected chi connectivity index (χ1v) is 23.6. The third-order valence-corrected chi connectivity index (χ3v) is 14.0. The summed E-state index contributed by atoms with van der Waals surface area (Å²) in [4.78, 5) is 11.0. The first-order chi connectivity index (χ1) is 33.2. The van der Waals surface area contributed by atoms with Crippen LogP contribution < -0.4 is 5.32 Å². The molecule has 0 saturated carbocycles. The highest BCUT2D eigenvalue weighted by Crippen LogP contribution is 2.49. The second-order valence-electron chi connectivity index (χ2n) is 16.9. The van der Waals surface area contributed by atoms with Crippen molar-refractivity contribution < 1.29 is 0 Å². The van der Waals surface area contributed by atoms with Crippen LogP contribution in [0.4, 0.5) is 0 Å². The minimum Gasteiger partial charge on any atom is -0.360 e. The van der Waals surface area contributed by atoms with Crippen LogP contribution in [0.2, 0.25) is 0 Å². The van der Waals surface area contributed by atoms with E-state index in [1.807, 2.05) is 11.3 Å². The van der Waals surface area contributed by atoms with Crippen LogP contribution in [0, 0.1) is 0 Å². The molecular formula is C63H43N3S. The predicted octanol–water partition coefficient (Wildman–Crippen LogP) is 16.6. The van der Waals surface area contributed by atoms with Gasteiger partial charge in [0.2, 0.25) is 0 Å². The molecule has 0 fully saturated rings. The summed E-state index contributed by atoms with van der Waals surface area (Å²) in [5.41, 5.74) is 18.3. The zero-order valence-corrected chi connectivity index (χ0v) is 37.4. The molecule has 0 amide bonds. The normalized spacial score (nSPS) is 13.5. The Morgan fingerprint density at radius 1 is 0.373 bits per heavy atom. The Hall–Kier alpha value is -8.44. The van der Waals surface area contributed by atoms with Gasteiger partial charge in [-0.15, -0.1) is 11.3 Å². The highest BCUT2D eigenvalue weighted by atomic mass is 32.1. The third-order valence-electron chi connectivity index (χ3n) is 12.7. The summed E-state index contributed by atoms with van der Waals surface area (Å²) in [5.74, 6) is 0. The van der Waals surface area contributed by atoms with Crippen molar-refractivity contribution in [3.05, 3.63) is 265 Å². The topological polar surface area (TPSA) is 37.3 Å². The largest absolute Gasteiger partial charge is 0.360 e. The lowest BCUT2D eigenvalue weighted by Gasteiger charge is -2.25. The molecule has 0 saturated heterocycles. The van der Waals surface area contributed by atoms with Crippen molar-refractivity contribution in [2.75, 3.05) is 0 Å². The highest BCUT2D eigenvalue weighted by molar-refractivity contribution is 7.26. The Labute approximate surface area is 394 Å². The van der Waals surface area contributed by atoms with Crippen molar-refractivity contribution in [1.82, 2.24) is 10.3 Å². The number of nitrogens with one attached hydrogen (secondary N) is 1. The Morgan fingerprint density at radius 3 is 1.48 bits per heavy atom. The van der Waals surface area contributed by atoms with Gasteiger partial charge >= 0.3 is 0 Å². The van der Waals surface area contributed by atoms with E-state index in [9.17, 15) is 0 Å². The van der Waals surface area contributed by atoms with Gasteiger partial charge in [-0.3, -0.25) is 4.99 Å². The molecule has 12 rings (SSSR count). The van der Waals surface area contributed by atoms with Crippen molar-refractivity contribution in [1.29, 1.82) is 0 Å². The molecule has 3 heterocycles. The van der Waals surface area contributed by atoms with Gasteiger partial charge in [-0.05, 0) is 62.7 Å². The lowest BCUT2D eigenvalue weighted by Crippen LogP contribution is -2.24. The second kappa shape index (κ2) is 17.5. The number of aliphatic imine (C=N–C) groups is 1. The van der Waals surface area contributed by atoms with E-state index in [1.54, 1.807) is 0 Å². The highest BCUT2D eigenvalue weighted by Gasteiger charge is 2.26. The maximum atomic E-state index is 5.63. The first-order valence-electron chi connectivity index (χ1n) is 22.8. The molecule has 1 aliphatic rings. The number of fused-ring (bicyclic) bond motifs is 3. The molecule has 3 nitrogen and oxygen atoms in total. The van der Waals surface area contributed by atoms with Crippen molar-refractivity contribution in [2.45, 2.75) is 6.17 Å². The molecule has 1 aliphatic heterocycles. The van der Waals surface area contributed by atoms with Gasteiger partial charge in [0.05, 0.1) is 17.1 Å². The van der Waals surface area contributed by atoms with E-state index in [-0.39, 0.29) is 6.17 Å². The second-order valence-corrected chi connectivity index (χ2v) is 17.9. The number of rotatable bonds is 9. The van der Waals surface area contributed by atoms with E-state index in [1.165, 1.54) is 31.3 Å². The molecule has 67 heavy (non-hydrogen) atoms. The summed E-state index contributed by atoms with van der Waals surface area (Å²) in [6.07, 6.45) is 1.94. The Balaban J connectivity index is 1.02. The Bertz CT molecular complexity index is 3520. The smallest absolute Gasteiger partial charge is 0.145 e. The fourth-order valence-electron chi connectivity index (χ4n) is 9.54. The van der Waals surface area contributed by atoms with E-state index in [0.717, 1.165) is 84.0 Å². The van der Waals surface area contributed by atoms with Gasteiger partial charge in [0.1, 0.15) is 6.17 Å². The lowest BCUT2D eigenvalue weighted by atomic mass is 9.83. The minimum atomic E-state index is -0.276. The molecule has 0 aliphatic carbocycles. The molecule has 11 aromatic rings. The summed E-state index contributed by atoms with van der Waals surface area (Å²) in [6, 6.07) is 86.5. The number of hydrogen-bond acceptors (Lipinski definition) is 4. The quantitative estimate of drug-likeness (QED) is 0.157. The summed E-state index contributed by atoms with van der Waals surface area (Å²) >= 11 is 1.86. The zero-order valence-electron chi connectivity index (χ0n) is 36.6. The lowest BCUT2D eigenvalue weighted by molar-refractivity contribution is 0.664. The molecule has 1 unspecified atom stereocenters. The van der Waals surface area contributed by atoms with Crippen LogP contribution >= 0.6 is 11.3 Å². The van der Waals surface area contributed by atoms with Crippen molar-refractivity contribution in [3.63, 3.8) is 0 Å². The molecule has 1 atom stereocenters. The molecule has 316 valence electrons. The summed E-state index contributed by atoms with van der Waals surface area (Å²) < 4.78 is 2.61. The number of nitrogens with zero attached hydrogens (tertiary/aromatic N) is 2. The van der Waals surface area contributed by atoms with Crippen LogP contribution in [0.3, 0.4) is 0 Å². The Kier molecular flexibility index (Phi) is 10.5. The number of allylic oxidation sites excluding steroid dienone is 1. The molecule has 2 aromatic heterocycles. The number of pyridine rings is 1. The van der Waals surface area contributed by atoms with E-state index in [4.69, 9.17) is 9.98 Å². The molecular weight excluding hydrogens is 831 g/mol. The zero-order chi connectivity index (χ0) is 44.5. The van der Waals surface area contributed by atoms with Crippen LogP contribution in [0.15, 0.2) is 254 Å². The monoisotopic (exact) mass is 873 g/mol. The predicted molar refractivity (Wildman–Crippen MR) is 283 cm³/mol. The number of benzene rings is 9. The molecule has 9 aromatic carbocycles. The molecule has 0 radical (unpaired) electrons. The van der Waals surface area contributed by atoms with Crippen LogP contribution in [0.1, 0.15) is 22.9 Å². The fourth-order valence-corrected chi connectivity index (χ4v) is 10.8. The molecule has 0 spiro atoms. The maximum Gasteiger partial charge on any atom is 0.145 e. The van der Waals surface area contributed by atoms with Gasteiger partial charge in [0.25, 0.3) is 0 Å². The van der Waals surface area contributed by atoms with E-state index in [0.29, 0.717) is 0 Å². The van der Waals surface area contributed by atoms with Gasteiger partial charge in [-0.2, -0.15) is 0 Å². The van der Waals surface area contributed by atoms with Gasteiger partial charge < -0.3 is 5.32 Å². The number of thiophene rings is 1. The van der Waals surface area contributed by atoms with E-state index < -0.39 is 0 Å². The molecule has 0 bridgehead atoms. The summed E-state index contributed by atoms with van der Waals surface area (Å²) in [5, 5.41) is 6.43. The summed E-state index contributed by atoms with van der Waals surface area (Å²) in [7, 11) is 0. The van der Waals surface area contributed by atoms with E-state index in [2.05, 4.69) is 254 Å². The third kappa shape index (κ3) is 7.63.